The van der Waals surface area contributed by atoms with E-state index in [-0.39, 0.29) is 24.5 Å². The van der Waals surface area contributed by atoms with E-state index in [1.807, 2.05) is 0 Å². The number of hydrogen-bond donors (Lipinski definition) is 0. The summed E-state index contributed by atoms with van der Waals surface area (Å²) in [6.07, 6.45) is 0.168. The van der Waals surface area contributed by atoms with Crippen LogP contribution in [0.25, 0.3) is 0 Å². The lowest BCUT2D eigenvalue weighted by Crippen LogP contribution is -2.43. The smallest absolute Gasteiger partial charge is 0.215 e. The SMILES string of the molecule is COCC(C)N1CS(=O)(=O)CCCS1(=O)=O. The zero-order valence-electron chi connectivity index (χ0n) is 9.42. The van der Waals surface area contributed by atoms with Gasteiger partial charge in [0.25, 0.3) is 0 Å². The van der Waals surface area contributed by atoms with Crippen LogP contribution in [-0.2, 0) is 24.6 Å². The summed E-state index contributed by atoms with van der Waals surface area (Å²) >= 11 is 0. The first-order valence-electron chi connectivity index (χ1n) is 4.97. The van der Waals surface area contributed by atoms with E-state index >= 15 is 0 Å². The van der Waals surface area contributed by atoms with Crippen molar-refractivity contribution in [3.63, 3.8) is 0 Å². The van der Waals surface area contributed by atoms with E-state index in [4.69, 9.17) is 4.74 Å². The number of sulfonamides is 1. The topological polar surface area (TPSA) is 80.8 Å². The summed E-state index contributed by atoms with van der Waals surface area (Å²) < 4.78 is 52.6. The number of nitrogens with zero attached hydrogens (tertiary/aromatic N) is 1. The van der Waals surface area contributed by atoms with Gasteiger partial charge in [-0.15, -0.1) is 0 Å². The van der Waals surface area contributed by atoms with Gasteiger partial charge in [0.15, 0.2) is 9.84 Å². The van der Waals surface area contributed by atoms with Gasteiger partial charge < -0.3 is 4.74 Å². The van der Waals surface area contributed by atoms with Crippen molar-refractivity contribution in [1.82, 2.24) is 4.31 Å². The molecule has 0 aliphatic carbocycles. The van der Waals surface area contributed by atoms with E-state index in [0.717, 1.165) is 4.31 Å². The van der Waals surface area contributed by atoms with Gasteiger partial charge in [-0.25, -0.2) is 16.8 Å². The van der Waals surface area contributed by atoms with Gasteiger partial charge in [0.1, 0.15) is 5.88 Å². The van der Waals surface area contributed by atoms with Gasteiger partial charge in [0, 0.05) is 13.2 Å². The molecule has 96 valence electrons. The monoisotopic (exact) mass is 271 g/mol. The average molecular weight is 271 g/mol. The van der Waals surface area contributed by atoms with Crippen LogP contribution in [0.5, 0.6) is 0 Å². The Labute approximate surface area is 96.5 Å². The molecule has 1 fully saturated rings. The number of sulfone groups is 1. The van der Waals surface area contributed by atoms with Gasteiger partial charge in [0.05, 0.1) is 18.1 Å². The van der Waals surface area contributed by atoms with E-state index in [0.29, 0.717) is 0 Å². The molecule has 0 bridgehead atoms. The number of hydrogen-bond acceptors (Lipinski definition) is 5. The second kappa shape index (κ2) is 4.99. The quantitative estimate of drug-likeness (QED) is 0.686. The van der Waals surface area contributed by atoms with E-state index < -0.39 is 31.8 Å². The molecule has 1 aliphatic heterocycles. The van der Waals surface area contributed by atoms with Crippen molar-refractivity contribution in [3.05, 3.63) is 0 Å². The van der Waals surface area contributed by atoms with Crippen LogP contribution in [-0.4, -0.2) is 58.3 Å². The van der Waals surface area contributed by atoms with Gasteiger partial charge in [-0.2, -0.15) is 4.31 Å². The van der Waals surface area contributed by atoms with Crippen LogP contribution in [0.1, 0.15) is 13.3 Å². The second-order valence-electron chi connectivity index (χ2n) is 3.94. The number of rotatable bonds is 3. The third-order valence-corrected chi connectivity index (χ3v) is 6.19. The molecule has 0 radical (unpaired) electrons. The van der Waals surface area contributed by atoms with E-state index in [9.17, 15) is 16.8 Å². The molecule has 6 nitrogen and oxygen atoms in total. The molecule has 1 saturated heterocycles. The number of ether oxygens (including phenoxy) is 1. The summed E-state index contributed by atoms with van der Waals surface area (Å²) in [4.78, 5) is 0. The minimum Gasteiger partial charge on any atom is -0.383 e. The molecule has 0 amide bonds. The second-order valence-corrected chi connectivity index (χ2v) is 8.13. The summed E-state index contributed by atoms with van der Waals surface area (Å²) in [5.41, 5.74) is 0. The van der Waals surface area contributed by atoms with Crippen molar-refractivity contribution < 1.29 is 21.6 Å². The summed E-state index contributed by atoms with van der Waals surface area (Å²) in [6.45, 7) is 1.83. The van der Waals surface area contributed by atoms with Gasteiger partial charge >= 0.3 is 0 Å². The molecule has 16 heavy (non-hydrogen) atoms. The van der Waals surface area contributed by atoms with Crippen molar-refractivity contribution in [3.8, 4) is 0 Å². The predicted octanol–water partition coefficient (Wildman–Crippen LogP) is -0.571. The predicted molar refractivity (Wildman–Crippen MR) is 60.2 cm³/mol. The number of methoxy groups -OCH3 is 1. The van der Waals surface area contributed by atoms with Gasteiger partial charge in [-0.3, -0.25) is 0 Å². The average Bonchev–Trinajstić information content (AvgIpc) is 2.23. The Morgan fingerprint density at radius 2 is 1.88 bits per heavy atom. The highest BCUT2D eigenvalue weighted by molar-refractivity contribution is 7.94. The van der Waals surface area contributed by atoms with Crippen LogP contribution in [0.2, 0.25) is 0 Å². The van der Waals surface area contributed by atoms with Crippen LogP contribution in [0.4, 0.5) is 0 Å². The zero-order valence-corrected chi connectivity index (χ0v) is 11.1. The summed E-state index contributed by atoms with van der Waals surface area (Å²) in [6, 6.07) is -0.456. The van der Waals surface area contributed by atoms with Gasteiger partial charge in [-0.1, -0.05) is 0 Å². The molecular formula is C8H17NO5S2. The van der Waals surface area contributed by atoms with Gasteiger partial charge in [0.2, 0.25) is 10.0 Å². The van der Waals surface area contributed by atoms with Crippen molar-refractivity contribution >= 4 is 19.9 Å². The largest absolute Gasteiger partial charge is 0.383 e. The van der Waals surface area contributed by atoms with Crippen LogP contribution in [0.15, 0.2) is 0 Å². The maximum atomic E-state index is 11.8. The normalized spacial score (nSPS) is 27.1. The molecular weight excluding hydrogens is 254 g/mol. The highest BCUT2D eigenvalue weighted by atomic mass is 32.2. The highest BCUT2D eigenvalue weighted by Crippen LogP contribution is 2.16. The molecule has 1 atom stereocenters. The van der Waals surface area contributed by atoms with Gasteiger partial charge in [-0.05, 0) is 13.3 Å². The lowest BCUT2D eigenvalue weighted by Gasteiger charge is -2.25. The Hall–Kier alpha value is -0.180. The molecule has 0 saturated carbocycles. The molecule has 1 unspecified atom stereocenters. The molecule has 1 aliphatic rings. The fraction of sp³-hybridized carbons (Fsp3) is 1.00. The van der Waals surface area contributed by atoms with Crippen molar-refractivity contribution in [2.24, 2.45) is 0 Å². The Morgan fingerprint density at radius 1 is 1.25 bits per heavy atom. The maximum Gasteiger partial charge on any atom is 0.215 e. The molecule has 0 aromatic rings. The van der Waals surface area contributed by atoms with Crippen LogP contribution in [0.3, 0.4) is 0 Å². The minimum atomic E-state index is -3.48. The minimum absolute atomic E-state index is 0.0670. The highest BCUT2D eigenvalue weighted by Gasteiger charge is 2.34. The van der Waals surface area contributed by atoms with Crippen molar-refractivity contribution in [2.45, 2.75) is 19.4 Å². The Morgan fingerprint density at radius 3 is 2.44 bits per heavy atom. The first-order valence-corrected chi connectivity index (χ1v) is 8.40. The van der Waals surface area contributed by atoms with E-state index in [1.54, 1.807) is 6.92 Å². The standard InChI is InChI=1S/C8H17NO5S2/c1-8(6-14-2)9-7-15(10,11)4-3-5-16(9,12)13/h8H,3-7H2,1-2H3. The molecule has 0 aromatic carbocycles. The summed E-state index contributed by atoms with van der Waals surface area (Å²) in [5, 5.41) is 0. The maximum absolute atomic E-state index is 11.8. The fourth-order valence-electron chi connectivity index (χ4n) is 1.64. The Bertz CT molecular complexity index is 427. The fourth-order valence-corrected chi connectivity index (χ4v) is 5.66. The van der Waals surface area contributed by atoms with Crippen molar-refractivity contribution in [2.75, 3.05) is 31.1 Å². The summed E-state index contributed by atoms with van der Waals surface area (Å²) in [5.74, 6) is -0.609. The lowest BCUT2D eigenvalue weighted by atomic mass is 10.4. The molecule has 0 aromatic heterocycles. The molecule has 0 spiro atoms. The Kier molecular flexibility index (Phi) is 4.33. The first-order chi connectivity index (χ1) is 7.28. The Balaban J connectivity index is 2.99. The molecule has 0 N–H and O–H groups in total. The van der Waals surface area contributed by atoms with E-state index in [1.165, 1.54) is 7.11 Å². The third kappa shape index (κ3) is 3.41. The first kappa shape index (κ1) is 13.9. The molecule has 1 heterocycles. The summed E-state index contributed by atoms with van der Waals surface area (Å²) in [7, 11) is -5.34. The molecule has 1 rings (SSSR count). The third-order valence-electron chi connectivity index (χ3n) is 2.44. The molecule has 8 heteroatoms. The lowest BCUT2D eigenvalue weighted by molar-refractivity contribution is 0.147. The van der Waals surface area contributed by atoms with Crippen LogP contribution < -0.4 is 0 Å². The van der Waals surface area contributed by atoms with E-state index in [2.05, 4.69) is 0 Å². The van der Waals surface area contributed by atoms with Crippen LogP contribution in [0, 0.1) is 0 Å². The van der Waals surface area contributed by atoms with Crippen molar-refractivity contribution in [1.29, 1.82) is 0 Å². The van der Waals surface area contributed by atoms with Crippen LogP contribution >= 0.6 is 0 Å². The zero-order chi connectivity index (χ0) is 12.4.